The van der Waals surface area contributed by atoms with E-state index < -0.39 is 0 Å². The van der Waals surface area contributed by atoms with Crippen LogP contribution in [0.5, 0.6) is 0 Å². The molecule has 1 N–H and O–H groups in total. The molecule has 3 aromatic rings. The van der Waals surface area contributed by atoms with E-state index in [1.807, 2.05) is 10.8 Å². The molecule has 0 saturated carbocycles. The standard InChI is InChI=1S/C13H12FN3/c1-2-17-8-15-7-13(17)11-6-16-12-4-3-9(14)5-10(11)12/h3-8,16H,2H2,1H3. The van der Waals surface area contributed by atoms with Gasteiger partial charge in [-0.2, -0.15) is 0 Å². The fourth-order valence-electron chi connectivity index (χ4n) is 2.10. The first-order valence-electron chi connectivity index (χ1n) is 5.56. The smallest absolute Gasteiger partial charge is 0.123 e. The summed E-state index contributed by atoms with van der Waals surface area (Å²) >= 11 is 0. The summed E-state index contributed by atoms with van der Waals surface area (Å²) in [5, 5.41) is 0.889. The van der Waals surface area contributed by atoms with Crippen LogP contribution in [0.15, 0.2) is 36.9 Å². The van der Waals surface area contributed by atoms with Crippen molar-refractivity contribution in [2.75, 3.05) is 0 Å². The monoisotopic (exact) mass is 229 g/mol. The number of fused-ring (bicyclic) bond motifs is 1. The van der Waals surface area contributed by atoms with Gasteiger partial charge in [-0.3, -0.25) is 0 Å². The first-order valence-corrected chi connectivity index (χ1v) is 5.56. The van der Waals surface area contributed by atoms with Crippen LogP contribution in [-0.4, -0.2) is 14.5 Å². The van der Waals surface area contributed by atoms with Crippen molar-refractivity contribution in [3.63, 3.8) is 0 Å². The van der Waals surface area contributed by atoms with Crippen LogP contribution in [0.1, 0.15) is 6.92 Å². The SMILES string of the molecule is CCn1cncc1-c1c[nH]c2ccc(F)cc12. The molecule has 1 aromatic carbocycles. The van der Waals surface area contributed by atoms with Crippen molar-refractivity contribution in [2.24, 2.45) is 0 Å². The van der Waals surface area contributed by atoms with Crippen LogP contribution in [0.3, 0.4) is 0 Å². The predicted molar refractivity (Wildman–Crippen MR) is 65.2 cm³/mol. The molecule has 17 heavy (non-hydrogen) atoms. The summed E-state index contributed by atoms with van der Waals surface area (Å²) < 4.78 is 15.3. The highest BCUT2D eigenvalue weighted by Crippen LogP contribution is 2.28. The maximum Gasteiger partial charge on any atom is 0.123 e. The summed E-state index contributed by atoms with van der Waals surface area (Å²) in [6.45, 7) is 2.90. The molecule has 0 aliphatic heterocycles. The summed E-state index contributed by atoms with van der Waals surface area (Å²) in [5.74, 6) is -0.221. The second kappa shape index (κ2) is 3.73. The third-order valence-electron chi connectivity index (χ3n) is 2.97. The summed E-state index contributed by atoms with van der Waals surface area (Å²) in [7, 11) is 0. The van der Waals surface area contributed by atoms with Crippen LogP contribution in [0.2, 0.25) is 0 Å². The van der Waals surface area contributed by atoms with Crippen molar-refractivity contribution < 1.29 is 4.39 Å². The van der Waals surface area contributed by atoms with Gasteiger partial charge in [0, 0.05) is 29.2 Å². The van der Waals surface area contributed by atoms with Crippen molar-refractivity contribution >= 4 is 10.9 Å². The molecule has 0 atom stereocenters. The number of halogens is 1. The molecule has 0 bridgehead atoms. The molecule has 0 spiro atoms. The van der Waals surface area contributed by atoms with Crippen LogP contribution < -0.4 is 0 Å². The Balaban J connectivity index is 2.27. The van der Waals surface area contributed by atoms with Gasteiger partial charge in [0.05, 0.1) is 18.2 Å². The van der Waals surface area contributed by atoms with E-state index in [1.54, 1.807) is 24.7 Å². The molecule has 2 heterocycles. The molecule has 0 unspecified atom stereocenters. The number of aromatic nitrogens is 3. The number of hydrogen-bond donors (Lipinski definition) is 1. The van der Waals surface area contributed by atoms with E-state index in [4.69, 9.17) is 0 Å². The summed E-state index contributed by atoms with van der Waals surface area (Å²) in [5.41, 5.74) is 2.92. The number of benzene rings is 1. The van der Waals surface area contributed by atoms with E-state index in [2.05, 4.69) is 16.9 Å². The molecule has 0 fully saturated rings. The zero-order chi connectivity index (χ0) is 11.8. The van der Waals surface area contributed by atoms with Crippen molar-refractivity contribution in [3.8, 4) is 11.3 Å². The average molecular weight is 229 g/mol. The van der Waals surface area contributed by atoms with Crippen molar-refractivity contribution in [1.29, 1.82) is 0 Å². The Kier molecular flexibility index (Phi) is 2.21. The molecule has 2 aromatic heterocycles. The van der Waals surface area contributed by atoms with Gasteiger partial charge in [-0.1, -0.05) is 0 Å². The van der Waals surface area contributed by atoms with Crippen LogP contribution in [0.25, 0.3) is 22.2 Å². The van der Waals surface area contributed by atoms with Gasteiger partial charge >= 0.3 is 0 Å². The lowest BCUT2D eigenvalue weighted by molar-refractivity contribution is 0.630. The number of H-pyrrole nitrogens is 1. The minimum Gasteiger partial charge on any atom is -0.360 e. The lowest BCUT2D eigenvalue weighted by Gasteiger charge is -2.03. The topological polar surface area (TPSA) is 33.6 Å². The largest absolute Gasteiger partial charge is 0.360 e. The lowest BCUT2D eigenvalue weighted by atomic mass is 10.1. The van der Waals surface area contributed by atoms with Crippen LogP contribution in [-0.2, 0) is 6.54 Å². The Morgan fingerprint density at radius 2 is 2.29 bits per heavy atom. The van der Waals surface area contributed by atoms with Crippen LogP contribution in [0, 0.1) is 5.82 Å². The zero-order valence-electron chi connectivity index (χ0n) is 9.44. The molecule has 0 radical (unpaired) electrons. The van der Waals surface area contributed by atoms with E-state index in [-0.39, 0.29) is 5.82 Å². The van der Waals surface area contributed by atoms with E-state index in [9.17, 15) is 4.39 Å². The Bertz CT molecular complexity index is 666. The molecule has 0 saturated heterocycles. The molecular formula is C13H12FN3. The summed E-state index contributed by atoms with van der Waals surface area (Å²) in [4.78, 5) is 7.28. The number of nitrogens with zero attached hydrogens (tertiary/aromatic N) is 2. The molecule has 3 nitrogen and oxygen atoms in total. The molecule has 0 amide bonds. The Morgan fingerprint density at radius 3 is 3.12 bits per heavy atom. The Morgan fingerprint density at radius 1 is 1.41 bits per heavy atom. The van der Waals surface area contributed by atoms with E-state index in [1.165, 1.54) is 6.07 Å². The van der Waals surface area contributed by atoms with Crippen molar-refractivity contribution in [3.05, 3.63) is 42.7 Å². The predicted octanol–water partition coefficient (Wildman–Crippen LogP) is 3.19. The first-order chi connectivity index (χ1) is 8.29. The Labute approximate surface area is 97.9 Å². The van der Waals surface area contributed by atoms with Gasteiger partial charge in [0.25, 0.3) is 0 Å². The minimum atomic E-state index is -0.221. The van der Waals surface area contributed by atoms with Gasteiger partial charge in [0.15, 0.2) is 0 Å². The van der Waals surface area contributed by atoms with Gasteiger partial charge in [-0.25, -0.2) is 9.37 Å². The van der Waals surface area contributed by atoms with Gasteiger partial charge in [0.1, 0.15) is 5.82 Å². The quantitative estimate of drug-likeness (QED) is 0.719. The number of aromatic amines is 1. The van der Waals surface area contributed by atoms with Crippen molar-refractivity contribution in [1.82, 2.24) is 14.5 Å². The highest BCUT2D eigenvalue weighted by atomic mass is 19.1. The molecule has 3 rings (SSSR count). The van der Waals surface area contributed by atoms with Gasteiger partial charge in [-0.05, 0) is 25.1 Å². The average Bonchev–Trinajstić information content (AvgIpc) is 2.93. The second-order valence-corrected chi connectivity index (χ2v) is 3.96. The summed E-state index contributed by atoms with van der Waals surface area (Å²) in [6.07, 6.45) is 5.48. The lowest BCUT2D eigenvalue weighted by Crippen LogP contribution is -1.93. The third-order valence-corrected chi connectivity index (χ3v) is 2.97. The number of hydrogen-bond acceptors (Lipinski definition) is 1. The molecule has 0 aliphatic carbocycles. The summed E-state index contributed by atoms with van der Waals surface area (Å²) in [6, 6.07) is 4.76. The van der Waals surface area contributed by atoms with E-state index in [0.717, 1.165) is 28.7 Å². The highest BCUT2D eigenvalue weighted by molar-refractivity contribution is 5.94. The van der Waals surface area contributed by atoms with Gasteiger partial charge in [-0.15, -0.1) is 0 Å². The fraction of sp³-hybridized carbons (Fsp3) is 0.154. The van der Waals surface area contributed by atoms with Crippen molar-refractivity contribution in [2.45, 2.75) is 13.5 Å². The number of imidazole rings is 1. The zero-order valence-corrected chi connectivity index (χ0v) is 9.44. The minimum absolute atomic E-state index is 0.221. The number of rotatable bonds is 2. The number of aryl methyl sites for hydroxylation is 1. The molecule has 86 valence electrons. The third kappa shape index (κ3) is 1.53. The van der Waals surface area contributed by atoms with Gasteiger partial charge < -0.3 is 9.55 Å². The molecule has 4 heteroatoms. The van der Waals surface area contributed by atoms with E-state index >= 15 is 0 Å². The fourth-order valence-corrected chi connectivity index (χ4v) is 2.10. The molecule has 0 aliphatic rings. The highest BCUT2D eigenvalue weighted by Gasteiger charge is 2.10. The second-order valence-electron chi connectivity index (χ2n) is 3.96. The van der Waals surface area contributed by atoms with E-state index in [0.29, 0.717) is 0 Å². The maximum atomic E-state index is 13.3. The van der Waals surface area contributed by atoms with Gasteiger partial charge in [0.2, 0.25) is 0 Å². The molecular weight excluding hydrogens is 217 g/mol. The Hall–Kier alpha value is -2.10. The normalized spacial score (nSPS) is 11.2. The maximum absolute atomic E-state index is 13.3. The van der Waals surface area contributed by atoms with Crippen LogP contribution in [0.4, 0.5) is 4.39 Å². The number of nitrogens with one attached hydrogen (secondary N) is 1. The van der Waals surface area contributed by atoms with Crippen LogP contribution >= 0.6 is 0 Å². The first kappa shape index (κ1) is 10.1.